The Morgan fingerprint density at radius 3 is 2.65 bits per heavy atom. The third-order valence-corrected chi connectivity index (χ3v) is 6.44. The van der Waals surface area contributed by atoms with E-state index < -0.39 is 0 Å². The molecule has 2 aliphatic rings. The lowest BCUT2D eigenvalue weighted by Crippen LogP contribution is -2.37. The van der Waals surface area contributed by atoms with Crippen LogP contribution in [0.25, 0.3) is 0 Å². The fourth-order valence-corrected chi connectivity index (χ4v) is 4.67. The number of halogens is 1. The molecule has 0 spiro atoms. The molecule has 6 heteroatoms. The highest BCUT2D eigenvalue weighted by Gasteiger charge is 2.27. The first-order valence-corrected chi connectivity index (χ1v) is 11.1. The molecule has 5 nitrogen and oxygen atoms in total. The molecule has 2 aliphatic heterocycles. The Bertz CT molecular complexity index is 899. The summed E-state index contributed by atoms with van der Waals surface area (Å²) in [6.07, 6.45) is 1.00. The van der Waals surface area contributed by atoms with Crippen molar-refractivity contribution in [2.45, 2.75) is 25.8 Å². The highest BCUT2D eigenvalue weighted by atomic mass is 19.1. The molecule has 1 saturated heterocycles. The number of likely N-dealkylation sites (N-methyl/N-ethyl adjacent to an activating group) is 1. The number of hydrogen-bond acceptors (Lipinski definition) is 5. The average molecular weight is 429 g/mol. The third kappa shape index (κ3) is 5.03. The summed E-state index contributed by atoms with van der Waals surface area (Å²) >= 11 is 0. The predicted molar refractivity (Wildman–Crippen MR) is 120 cm³/mol. The van der Waals surface area contributed by atoms with Crippen LogP contribution in [0.4, 0.5) is 4.39 Å². The van der Waals surface area contributed by atoms with Gasteiger partial charge in [0.15, 0.2) is 11.6 Å². The minimum atomic E-state index is -0.313. The molecule has 0 N–H and O–H groups in total. The van der Waals surface area contributed by atoms with Crippen molar-refractivity contribution >= 4 is 0 Å². The Balaban J connectivity index is 1.47. The van der Waals surface area contributed by atoms with Gasteiger partial charge < -0.3 is 19.1 Å². The van der Waals surface area contributed by atoms with Crippen LogP contribution in [-0.4, -0.2) is 70.0 Å². The molecular formula is C25H33FN2O3. The number of hydrogen-bond donors (Lipinski definition) is 0. The van der Waals surface area contributed by atoms with Gasteiger partial charge in [0.25, 0.3) is 0 Å². The van der Waals surface area contributed by atoms with E-state index in [1.165, 1.54) is 23.8 Å². The first kappa shape index (κ1) is 22.1. The van der Waals surface area contributed by atoms with Gasteiger partial charge in [-0.1, -0.05) is 12.1 Å². The van der Waals surface area contributed by atoms with Gasteiger partial charge in [0.1, 0.15) is 5.75 Å². The monoisotopic (exact) mass is 428 g/mol. The molecule has 2 aromatic rings. The normalized spacial score (nSPS) is 19.8. The zero-order valence-corrected chi connectivity index (χ0v) is 18.8. The van der Waals surface area contributed by atoms with E-state index in [-0.39, 0.29) is 17.5 Å². The van der Waals surface area contributed by atoms with Crippen LogP contribution in [0.3, 0.4) is 0 Å². The largest absolute Gasteiger partial charge is 0.494 e. The van der Waals surface area contributed by atoms with Crippen molar-refractivity contribution in [3.05, 3.63) is 58.4 Å². The van der Waals surface area contributed by atoms with Crippen LogP contribution in [-0.2, 0) is 11.3 Å². The molecule has 2 aromatic carbocycles. The van der Waals surface area contributed by atoms with Gasteiger partial charge in [-0.3, -0.25) is 4.90 Å². The molecule has 0 radical (unpaired) electrons. The van der Waals surface area contributed by atoms with Crippen LogP contribution in [0.2, 0.25) is 0 Å². The highest BCUT2D eigenvalue weighted by Crippen LogP contribution is 2.38. The average Bonchev–Trinajstić information content (AvgIpc) is 2.78. The SMILES string of the molecule is COc1ccc(C2CN(C)Cc3c2ccc(OCCCN2CCOCC2)c3C)cc1F. The first-order valence-electron chi connectivity index (χ1n) is 11.1. The van der Waals surface area contributed by atoms with E-state index in [1.807, 2.05) is 6.07 Å². The second-order valence-electron chi connectivity index (χ2n) is 8.56. The Hall–Kier alpha value is -2.15. The molecule has 0 amide bonds. The van der Waals surface area contributed by atoms with Crippen molar-refractivity contribution in [3.63, 3.8) is 0 Å². The number of methoxy groups -OCH3 is 1. The molecule has 1 unspecified atom stereocenters. The summed E-state index contributed by atoms with van der Waals surface area (Å²) in [4.78, 5) is 4.73. The van der Waals surface area contributed by atoms with E-state index in [0.29, 0.717) is 6.61 Å². The second-order valence-corrected chi connectivity index (χ2v) is 8.56. The molecule has 0 bridgehead atoms. The summed E-state index contributed by atoms with van der Waals surface area (Å²) < 4.78 is 31.0. The number of benzene rings is 2. The van der Waals surface area contributed by atoms with E-state index in [1.54, 1.807) is 12.1 Å². The predicted octanol–water partition coefficient (Wildman–Crippen LogP) is 3.82. The lowest BCUT2D eigenvalue weighted by atomic mass is 9.83. The Kier molecular flexibility index (Phi) is 7.10. The highest BCUT2D eigenvalue weighted by molar-refractivity contribution is 5.50. The minimum absolute atomic E-state index is 0.128. The Morgan fingerprint density at radius 1 is 1.13 bits per heavy atom. The summed E-state index contributed by atoms with van der Waals surface area (Å²) in [5.41, 5.74) is 4.72. The van der Waals surface area contributed by atoms with Gasteiger partial charge in [0, 0.05) is 38.6 Å². The smallest absolute Gasteiger partial charge is 0.165 e. The summed E-state index contributed by atoms with van der Waals surface area (Å²) in [6, 6.07) is 9.55. The van der Waals surface area contributed by atoms with Crippen molar-refractivity contribution in [2.24, 2.45) is 0 Å². The van der Waals surface area contributed by atoms with E-state index in [4.69, 9.17) is 14.2 Å². The van der Waals surface area contributed by atoms with Gasteiger partial charge in [0.05, 0.1) is 26.9 Å². The van der Waals surface area contributed by atoms with Crippen molar-refractivity contribution < 1.29 is 18.6 Å². The third-order valence-electron chi connectivity index (χ3n) is 6.44. The minimum Gasteiger partial charge on any atom is -0.494 e. The van der Waals surface area contributed by atoms with E-state index in [0.717, 1.165) is 63.7 Å². The first-order chi connectivity index (χ1) is 15.1. The molecule has 2 heterocycles. The molecule has 168 valence electrons. The summed E-state index contributed by atoms with van der Waals surface area (Å²) in [6.45, 7) is 9.31. The second kappa shape index (κ2) is 9.98. The maximum atomic E-state index is 14.4. The van der Waals surface area contributed by atoms with Crippen molar-refractivity contribution in [2.75, 3.05) is 60.2 Å². The lowest BCUT2D eigenvalue weighted by molar-refractivity contribution is 0.0358. The van der Waals surface area contributed by atoms with E-state index in [2.05, 4.69) is 35.9 Å². The Labute approximate surface area is 184 Å². The van der Waals surface area contributed by atoms with E-state index in [9.17, 15) is 4.39 Å². The Morgan fingerprint density at radius 2 is 1.90 bits per heavy atom. The van der Waals surface area contributed by atoms with Crippen molar-refractivity contribution in [1.82, 2.24) is 9.80 Å². The van der Waals surface area contributed by atoms with Crippen LogP contribution < -0.4 is 9.47 Å². The topological polar surface area (TPSA) is 34.2 Å². The summed E-state index contributed by atoms with van der Waals surface area (Å²) in [5.74, 6) is 1.05. The summed E-state index contributed by atoms with van der Waals surface area (Å²) in [5, 5.41) is 0. The molecule has 1 atom stereocenters. The number of nitrogens with zero attached hydrogens (tertiary/aromatic N) is 2. The number of ether oxygens (including phenoxy) is 3. The van der Waals surface area contributed by atoms with Crippen molar-refractivity contribution in [1.29, 1.82) is 0 Å². The lowest BCUT2D eigenvalue weighted by Gasteiger charge is -2.34. The zero-order valence-electron chi connectivity index (χ0n) is 18.8. The molecule has 0 aromatic heterocycles. The van der Waals surface area contributed by atoms with E-state index >= 15 is 0 Å². The molecular weight excluding hydrogens is 395 g/mol. The fourth-order valence-electron chi connectivity index (χ4n) is 4.67. The molecule has 31 heavy (non-hydrogen) atoms. The quantitative estimate of drug-likeness (QED) is 0.627. The van der Waals surface area contributed by atoms with Gasteiger partial charge >= 0.3 is 0 Å². The molecule has 1 fully saturated rings. The van der Waals surface area contributed by atoms with Crippen molar-refractivity contribution in [3.8, 4) is 11.5 Å². The number of rotatable bonds is 7. The van der Waals surface area contributed by atoms with Crippen LogP contribution in [0.1, 0.15) is 34.6 Å². The van der Waals surface area contributed by atoms with Crippen LogP contribution in [0.5, 0.6) is 11.5 Å². The zero-order chi connectivity index (χ0) is 21.8. The molecule has 0 aliphatic carbocycles. The van der Waals surface area contributed by atoms with Crippen LogP contribution in [0.15, 0.2) is 30.3 Å². The van der Waals surface area contributed by atoms with Crippen LogP contribution >= 0.6 is 0 Å². The van der Waals surface area contributed by atoms with Gasteiger partial charge in [-0.25, -0.2) is 4.39 Å². The molecule has 4 rings (SSSR count). The van der Waals surface area contributed by atoms with Gasteiger partial charge in [0.2, 0.25) is 0 Å². The number of morpholine rings is 1. The number of fused-ring (bicyclic) bond motifs is 1. The van der Waals surface area contributed by atoms with Gasteiger partial charge in [-0.2, -0.15) is 0 Å². The maximum absolute atomic E-state index is 14.4. The van der Waals surface area contributed by atoms with Gasteiger partial charge in [-0.15, -0.1) is 0 Å². The standard InChI is InChI=1S/C25H33FN2O3/c1-18-21-16-27(2)17-22(19-5-7-25(29-3)23(26)15-19)20(21)6-8-24(18)31-12-4-9-28-10-13-30-14-11-28/h5-8,15,22H,4,9-14,16-17H2,1-3H3. The van der Waals surface area contributed by atoms with Gasteiger partial charge in [-0.05, 0) is 60.8 Å². The molecule has 0 saturated carbocycles. The maximum Gasteiger partial charge on any atom is 0.165 e. The fraction of sp³-hybridized carbons (Fsp3) is 0.520. The van der Waals surface area contributed by atoms with Crippen LogP contribution in [0, 0.1) is 12.7 Å². The summed E-state index contributed by atoms with van der Waals surface area (Å²) in [7, 11) is 3.61.